The van der Waals surface area contributed by atoms with Gasteiger partial charge in [-0.2, -0.15) is 8.42 Å². The van der Waals surface area contributed by atoms with Gasteiger partial charge in [-0.15, -0.1) is 0 Å². The van der Waals surface area contributed by atoms with Gasteiger partial charge < -0.3 is 10.4 Å². The molecule has 0 aliphatic carbocycles. The molecule has 6 heteroatoms. The summed E-state index contributed by atoms with van der Waals surface area (Å²) in [6.07, 6.45) is -0.290. The largest absolute Gasteiger partial charge is 0.387 e. The van der Waals surface area contributed by atoms with E-state index in [1.54, 1.807) is 0 Å². The zero-order valence-electron chi connectivity index (χ0n) is 9.41. The molecule has 0 aliphatic rings. The first kappa shape index (κ1) is 14.1. The Bertz CT molecular complexity index is 418. The normalized spacial score (nSPS) is 13.5. The SMILES string of the molecule is O=S(=O)(O)CCCNC[C@H](O)c1ccccc1. The summed E-state index contributed by atoms with van der Waals surface area (Å²) in [5.41, 5.74) is 0.815. The lowest BCUT2D eigenvalue weighted by molar-refractivity contribution is 0.175. The van der Waals surface area contributed by atoms with Crippen molar-refractivity contribution in [2.75, 3.05) is 18.8 Å². The maximum Gasteiger partial charge on any atom is 0.264 e. The lowest BCUT2D eigenvalue weighted by Gasteiger charge is -2.11. The van der Waals surface area contributed by atoms with E-state index in [4.69, 9.17) is 4.55 Å². The molecule has 1 rings (SSSR count). The first-order valence-electron chi connectivity index (χ1n) is 5.38. The van der Waals surface area contributed by atoms with Crippen LogP contribution < -0.4 is 5.32 Å². The van der Waals surface area contributed by atoms with Gasteiger partial charge in [0.05, 0.1) is 11.9 Å². The van der Waals surface area contributed by atoms with Crippen LogP contribution in [0.15, 0.2) is 30.3 Å². The van der Waals surface area contributed by atoms with E-state index in [0.717, 1.165) is 5.56 Å². The highest BCUT2D eigenvalue weighted by atomic mass is 32.2. The quantitative estimate of drug-likeness (QED) is 0.493. The maximum atomic E-state index is 10.4. The van der Waals surface area contributed by atoms with Gasteiger partial charge in [0.1, 0.15) is 0 Å². The molecule has 0 radical (unpaired) electrons. The second-order valence-electron chi connectivity index (χ2n) is 3.77. The topological polar surface area (TPSA) is 86.6 Å². The van der Waals surface area contributed by atoms with Gasteiger partial charge in [0.15, 0.2) is 0 Å². The van der Waals surface area contributed by atoms with Crippen LogP contribution in [0.25, 0.3) is 0 Å². The van der Waals surface area contributed by atoms with Crippen molar-refractivity contribution in [2.24, 2.45) is 0 Å². The third-order valence-electron chi connectivity index (χ3n) is 2.28. The number of hydrogen-bond donors (Lipinski definition) is 3. The molecule has 0 aliphatic heterocycles. The molecule has 5 nitrogen and oxygen atoms in total. The van der Waals surface area contributed by atoms with E-state index in [1.807, 2.05) is 30.3 Å². The Morgan fingerprint density at radius 1 is 1.24 bits per heavy atom. The molecule has 0 saturated heterocycles. The third-order valence-corrected chi connectivity index (χ3v) is 3.08. The van der Waals surface area contributed by atoms with Crippen molar-refractivity contribution in [1.82, 2.24) is 5.32 Å². The fourth-order valence-electron chi connectivity index (χ4n) is 1.41. The van der Waals surface area contributed by atoms with Crippen LogP contribution in [0.5, 0.6) is 0 Å². The molecule has 17 heavy (non-hydrogen) atoms. The first-order chi connectivity index (χ1) is 7.99. The minimum absolute atomic E-state index is 0.262. The van der Waals surface area contributed by atoms with Crippen molar-refractivity contribution in [3.05, 3.63) is 35.9 Å². The van der Waals surface area contributed by atoms with Gasteiger partial charge in [0.25, 0.3) is 10.1 Å². The van der Waals surface area contributed by atoms with Crippen LogP contribution in [0.1, 0.15) is 18.1 Å². The Kier molecular flexibility index (Phi) is 5.57. The Morgan fingerprint density at radius 3 is 2.47 bits per heavy atom. The van der Waals surface area contributed by atoms with E-state index in [9.17, 15) is 13.5 Å². The molecule has 0 amide bonds. The van der Waals surface area contributed by atoms with Crippen molar-refractivity contribution in [1.29, 1.82) is 0 Å². The van der Waals surface area contributed by atoms with E-state index < -0.39 is 16.2 Å². The fraction of sp³-hybridized carbons (Fsp3) is 0.455. The van der Waals surface area contributed by atoms with Crippen LogP contribution in [0.4, 0.5) is 0 Å². The molecule has 1 aromatic carbocycles. The van der Waals surface area contributed by atoms with E-state index >= 15 is 0 Å². The highest BCUT2D eigenvalue weighted by Gasteiger charge is 2.07. The highest BCUT2D eigenvalue weighted by Crippen LogP contribution is 2.10. The highest BCUT2D eigenvalue weighted by molar-refractivity contribution is 7.85. The molecule has 1 atom stereocenters. The second kappa shape index (κ2) is 6.70. The summed E-state index contributed by atoms with van der Waals surface area (Å²) >= 11 is 0. The minimum atomic E-state index is -3.88. The predicted octanol–water partition coefficient (Wildman–Crippen LogP) is 0.588. The summed E-state index contributed by atoms with van der Waals surface area (Å²) in [4.78, 5) is 0. The number of rotatable bonds is 7. The smallest absolute Gasteiger partial charge is 0.264 e. The van der Waals surface area contributed by atoms with Crippen molar-refractivity contribution >= 4 is 10.1 Å². The van der Waals surface area contributed by atoms with Crippen LogP contribution in [-0.2, 0) is 10.1 Å². The number of benzene rings is 1. The number of aliphatic hydroxyl groups excluding tert-OH is 1. The monoisotopic (exact) mass is 259 g/mol. The summed E-state index contributed by atoms with van der Waals surface area (Å²) in [5.74, 6) is -0.262. The average molecular weight is 259 g/mol. The Balaban J connectivity index is 2.19. The number of aliphatic hydroxyl groups is 1. The lowest BCUT2D eigenvalue weighted by atomic mass is 10.1. The summed E-state index contributed by atoms with van der Waals surface area (Å²) in [6.45, 7) is 0.791. The maximum absolute atomic E-state index is 10.4. The molecule has 0 heterocycles. The van der Waals surface area contributed by atoms with Crippen LogP contribution in [0.2, 0.25) is 0 Å². The Hall–Kier alpha value is -0.950. The third kappa shape index (κ3) is 6.38. The number of hydrogen-bond acceptors (Lipinski definition) is 4. The minimum Gasteiger partial charge on any atom is -0.387 e. The standard InChI is InChI=1S/C11H17NO4S/c13-11(10-5-2-1-3-6-10)9-12-7-4-8-17(14,15)16/h1-3,5-6,11-13H,4,7-9H2,(H,14,15,16)/t11-/m0/s1. The number of nitrogens with one attached hydrogen (secondary N) is 1. The molecule has 0 fully saturated rings. The zero-order valence-corrected chi connectivity index (χ0v) is 10.2. The van der Waals surface area contributed by atoms with Gasteiger partial charge in [-0.05, 0) is 18.5 Å². The van der Waals surface area contributed by atoms with Crippen LogP contribution >= 0.6 is 0 Å². The molecular formula is C11H17NO4S. The van der Waals surface area contributed by atoms with Gasteiger partial charge in [0.2, 0.25) is 0 Å². The van der Waals surface area contributed by atoms with E-state index in [-0.39, 0.29) is 5.75 Å². The van der Waals surface area contributed by atoms with Crippen molar-refractivity contribution < 1.29 is 18.1 Å². The summed E-state index contributed by atoms with van der Waals surface area (Å²) in [7, 11) is -3.88. The molecule has 0 bridgehead atoms. The molecule has 3 N–H and O–H groups in total. The van der Waals surface area contributed by atoms with Crippen LogP contribution in [0.3, 0.4) is 0 Å². The molecular weight excluding hydrogens is 242 g/mol. The van der Waals surface area contributed by atoms with E-state index in [0.29, 0.717) is 19.5 Å². The van der Waals surface area contributed by atoms with Crippen molar-refractivity contribution in [2.45, 2.75) is 12.5 Å². The zero-order chi connectivity index (χ0) is 12.7. The predicted molar refractivity (Wildman–Crippen MR) is 65.3 cm³/mol. The van der Waals surface area contributed by atoms with Crippen molar-refractivity contribution in [3.8, 4) is 0 Å². The first-order valence-corrected chi connectivity index (χ1v) is 6.99. The van der Waals surface area contributed by atoms with E-state index in [1.165, 1.54) is 0 Å². The van der Waals surface area contributed by atoms with E-state index in [2.05, 4.69) is 5.32 Å². The molecule has 96 valence electrons. The molecule has 0 aromatic heterocycles. The summed E-state index contributed by atoms with van der Waals surface area (Å²) in [6, 6.07) is 9.21. The molecule has 0 unspecified atom stereocenters. The Morgan fingerprint density at radius 2 is 1.88 bits per heavy atom. The molecule has 0 saturated carbocycles. The Labute approximate surface area is 101 Å². The van der Waals surface area contributed by atoms with Crippen LogP contribution in [0, 0.1) is 0 Å². The summed E-state index contributed by atoms with van der Waals surface area (Å²) < 4.78 is 29.4. The second-order valence-corrected chi connectivity index (χ2v) is 5.34. The van der Waals surface area contributed by atoms with Crippen LogP contribution in [-0.4, -0.2) is 36.9 Å². The summed E-state index contributed by atoms with van der Waals surface area (Å²) in [5, 5.41) is 12.7. The molecule has 1 aromatic rings. The average Bonchev–Trinajstić information content (AvgIpc) is 2.28. The van der Waals surface area contributed by atoms with Crippen molar-refractivity contribution in [3.63, 3.8) is 0 Å². The molecule has 0 spiro atoms. The van der Waals surface area contributed by atoms with Gasteiger partial charge in [-0.3, -0.25) is 4.55 Å². The van der Waals surface area contributed by atoms with Gasteiger partial charge in [-0.25, -0.2) is 0 Å². The fourth-order valence-corrected chi connectivity index (χ4v) is 1.92. The van der Waals surface area contributed by atoms with Gasteiger partial charge in [0, 0.05) is 6.54 Å². The van der Waals surface area contributed by atoms with Gasteiger partial charge >= 0.3 is 0 Å². The lowest BCUT2D eigenvalue weighted by Crippen LogP contribution is -2.24. The van der Waals surface area contributed by atoms with Gasteiger partial charge in [-0.1, -0.05) is 30.3 Å².